The van der Waals surface area contributed by atoms with E-state index < -0.39 is 0 Å². The smallest absolute Gasteiger partial charge is 0.271 e. The Kier molecular flexibility index (Phi) is 6.08. The lowest BCUT2D eigenvalue weighted by molar-refractivity contribution is -0.119. The summed E-state index contributed by atoms with van der Waals surface area (Å²) >= 11 is 0. The van der Waals surface area contributed by atoms with Gasteiger partial charge in [-0.3, -0.25) is 9.59 Å². The lowest BCUT2D eigenvalue weighted by atomic mass is 9.97. The van der Waals surface area contributed by atoms with Crippen LogP contribution in [0.15, 0.2) is 47.3 Å². The van der Waals surface area contributed by atoms with Crippen LogP contribution in [0.4, 0.5) is 5.69 Å². The number of anilines is 1. The Hall–Kier alpha value is -2.86. The molecule has 0 unspecified atom stereocenters. The van der Waals surface area contributed by atoms with Crippen molar-refractivity contribution < 1.29 is 9.53 Å². The summed E-state index contributed by atoms with van der Waals surface area (Å²) in [5.74, 6) is 0.0508. The van der Waals surface area contributed by atoms with Crippen molar-refractivity contribution in [1.29, 1.82) is 0 Å². The number of nitrogens with two attached hydrogens (primary N) is 1. The van der Waals surface area contributed by atoms with Gasteiger partial charge < -0.3 is 20.8 Å². The second kappa shape index (κ2) is 8.68. The van der Waals surface area contributed by atoms with Gasteiger partial charge in [0.2, 0.25) is 5.91 Å². The molecule has 1 aromatic heterocycles. The van der Waals surface area contributed by atoms with Crippen molar-refractivity contribution in [3.05, 3.63) is 69.6 Å². The number of aromatic amines is 1. The molecule has 142 valence electrons. The summed E-state index contributed by atoms with van der Waals surface area (Å²) in [6.07, 6.45) is 5.19. The molecule has 4 N–H and O–H groups in total. The van der Waals surface area contributed by atoms with Crippen LogP contribution in [-0.4, -0.2) is 30.6 Å². The van der Waals surface area contributed by atoms with Gasteiger partial charge in [-0.25, -0.2) is 0 Å². The maximum Gasteiger partial charge on any atom is 0.271 e. The molecule has 1 amide bonds. The Labute approximate surface area is 158 Å². The molecule has 6 nitrogen and oxygen atoms in total. The number of hydrogen-bond donors (Lipinski definition) is 3. The summed E-state index contributed by atoms with van der Waals surface area (Å²) in [6, 6.07) is 11.6. The molecule has 27 heavy (non-hydrogen) atoms. The monoisotopic (exact) mass is 367 g/mol. The second-order valence-electron chi connectivity index (χ2n) is 6.74. The summed E-state index contributed by atoms with van der Waals surface area (Å²) < 4.78 is 5.10. The summed E-state index contributed by atoms with van der Waals surface area (Å²) in [4.78, 5) is 26.4. The summed E-state index contributed by atoms with van der Waals surface area (Å²) in [5, 5.41) is 2.95. The molecule has 2 heterocycles. The molecule has 1 aliphatic heterocycles. The number of rotatable bonds is 7. The predicted octanol–water partition coefficient (Wildman–Crippen LogP) is 2.25. The summed E-state index contributed by atoms with van der Waals surface area (Å²) in [7, 11) is 1.70. The maximum absolute atomic E-state index is 12.0. The molecule has 0 bridgehead atoms. The van der Waals surface area contributed by atoms with Gasteiger partial charge in [0.1, 0.15) is 0 Å². The number of nitrogens with one attached hydrogen (secondary N) is 2. The van der Waals surface area contributed by atoms with E-state index in [1.54, 1.807) is 19.2 Å². The van der Waals surface area contributed by atoms with Gasteiger partial charge in [-0.05, 0) is 42.5 Å². The number of amides is 1. The van der Waals surface area contributed by atoms with Crippen LogP contribution < -0.4 is 16.6 Å². The van der Waals surface area contributed by atoms with Gasteiger partial charge in [0.05, 0.1) is 5.69 Å². The first-order chi connectivity index (χ1) is 13.1. The highest BCUT2D eigenvalue weighted by atomic mass is 16.5. The van der Waals surface area contributed by atoms with Gasteiger partial charge in [-0.2, -0.15) is 0 Å². The number of methoxy groups -OCH3 is 1. The highest BCUT2D eigenvalue weighted by Gasteiger charge is 2.20. The van der Waals surface area contributed by atoms with E-state index >= 15 is 0 Å². The molecule has 0 aliphatic carbocycles. The van der Waals surface area contributed by atoms with Crippen LogP contribution in [0, 0.1) is 0 Å². The number of H-pyrrole nitrogens is 1. The standard InChI is InChI=1S/C21H25N3O3/c1-27-12-2-3-14-4-6-15(7-5-14)17(13-16-8-11-20(25)23-16)19-10-9-18(22)21(26)24-19/h4-7,9-10,13,16H,2-3,8,11-12,22H2,1H3,(H,23,25)(H,24,26)/b17-13+/t16-/m1/s1. The van der Waals surface area contributed by atoms with Crippen LogP contribution in [0.3, 0.4) is 0 Å². The van der Waals surface area contributed by atoms with Crippen LogP contribution >= 0.6 is 0 Å². The van der Waals surface area contributed by atoms with Crippen LogP contribution in [0.5, 0.6) is 0 Å². The molecule has 1 atom stereocenters. The average molecular weight is 367 g/mol. The van der Waals surface area contributed by atoms with Crippen LogP contribution in [-0.2, 0) is 16.0 Å². The number of nitrogen functional groups attached to an aromatic ring is 1. The molecule has 6 heteroatoms. The summed E-state index contributed by atoms with van der Waals surface area (Å²) in [6.45, 7) is 0.737. The molecule has 1 aliphatic rings. The van der Waals surface area contributed by atoms with Crippen LogP contribution in [0.25, 0.3) is 5.57 Å². The fourth-order valence-electron chi connectivity index (χ4n) is 3.22. The minimum Gasteiger partial charge on any atom is -0.394 e. The van der Waals surface area contributed by atoms with E-state index in [1.807, 2.05) is 18.2 Å². The Morgan fingerprint density at radius 2 is 2.00 bits per heavy atom. The molecule has 1 fully saturated rings. The molecule has 0 radical (unpaired) electrons. The van der Waals surface area contributed by atoms with Crippen LogP contribution in [0.2, 0.25) is 0 Å². The maximum atomic E-state index is 12.0. The van der Waals surface area contributed by atoms with Crippen molar-refractivity contribution in [3.8, 4) is 0 Å². The Balaban J connectivity index is 1.91. The number of carbonyl (C=O) groups is 1. The van der Waals surface area contributed by atoms with Gasteiger partial charge in [0.25, 0.3) is 5.56 Å². The third-order valence-electron chi connectivity index (χ3n) is 4.71. The average Bonchev–Trinajstić information content (AvgIpc) is 3.08. The van der Waals surface area contributed by atoms with E-state index in [1.165, 1.54) is 5.56 Å². The SMILES string of the molecule is COCCCc1ccc(/C(=C\[C@H]2CCC(=O)N2)c2ccc(N)c(=O)[nH]2)cc1. The largest absolute Gasteiger partial charge is 0.394 e. The van der Waals surface area contributed by atoms with E-state index in [4.69, 9.17) is 10.5 Å². The number of ether oxygens (including phenoxy) is 1. The minimum absolute atomic E-state index is 0.0464. The predicted molar refractivity (Wildman–Crippen MR) is 106 cm³/mol. The molecule has 3 rings (SSSR count). The minimum atomic E-state index is -0.315. The first-order valence-electron chi connectivity index (χ1n) is 9.15. The van der Waals surface area contributed by atoms with Crippen molar-refractivity contribution in [2.75, 3.05) is 19.5 Å². The molecule has 2 aromatic rings. The van der Waals surface area contributed by atoms with Crippen molar-refractivity contribution in [1.82, 2.24) is 10.3 Å². The van der Waals surface area contributed by atoms with E-state index in [-0.39, 0.29) is 23.2 Å². The molecule has 0 spiro atoms. The van der Waals surface area contributed by atoms with E-state index in [0.29, 0.717) is 12.1 Å². The normalized spacial score (nSPS) is 17.1. The fraction of sp³-hybridized carbons (Fsp3) is 0.333. The fourth-order valence-corrected chi connectivity index (χ4v) is 3.22. The first-order valence-corrected chi connectivity index (χ1v) is 9.15. The quantitative estimate of drug-likeness (QED) is 0.654. The number of pyridine rings is 1. The van der Waals surface area contributed by atoms with Crippen molar-refractivity contribution in [2.45, 2.75) is 31.7 Å². The third kappa shape index (κ3) is 4.86. The zero-order valence-corrected chi connectivity index (χ0v) is 15.5. The van der Waals surface area contributed by atoms with Gasteiger partial charge in [-0.15, -0.1) is 0 Å². The highest BCUT2D eigenvalue weighted by molar-refractivity contribution is 5.82. The third-order valence-corrected chi connectivity index (χ3v) is 4.71. The number of aryl methyl sites for hydroxylation is 1. The number of carbonyl (C=O) groups excluding carboxylic acids is 1. The second-order valence-corrected chi connectivity index (χ2v) is 6.74. The Morgan fingerprint density at radius 3 is 2.63 bits per heavy atom. The van der Waals surface area contributed by atoms with E-state index in [9.17, 15) is 9.59 Å². The molecule has 0 saturated carbocycles. The molecule has 1 aromatic carbocycles. The van der Waals surface area contributed by atoms with Gasteiger partial charge in [-0.1, -0.05) is 30.3 Å². The van der Waals surface area contributed by atoms with Gasteiger partial charge >= 0.3 is 0 Å². The first kappa shape index (κ1) is 18.9. The molecular formula is C21H25N3O3. The molecular weight excluding hydrogens is 342 g/mol. The number of benzene rings is 1. The van der Waals surface area contributed by atoms with Crippen molar-refractivity contribution in [3.63, 3.8) is 0 Å². The van der Waals surface area contributed by atoms with Crippen molar-refractivity contribution in [2.24, 2.45) is 0 Å². The zero-order chi connectivity index (χ0) is 19.2. The van der Waals surface area contributed by atoms with Gasteiger partial charge in [0.15, 0.2) is 0 Å². The van der Waals surface area contributed by atoms with Gasteiger partial charge in [0, 0.05) is 37.4 Å². The number of aromatic nitrogens is 1. The highest BCUT2D eigenvalue weighted by Crippen LogP contribution is 2.25. The lowest BCUT2D eigenvalue weighted by Gasteiger charge is -2.13. The topological polar surface area (TPSA) is 97.2 Å². The Bertz CT molecular complexity index is 884. The van der Waals surface area contributed by atoms with Crippen LogP contribution in [0.1, 0.15) is 36.1 Å². The summed E-state index contributed by atoms with van der Waals surface area (Å²) in [5.41, 5.74) is 9.29. The van der Waals surface area contributed by atoms with Crippen molar-refractivity contribution >= 4 is 17.2 Å². The Morgan fingerprint density at radius 1 is 1.22 bits per heavy atom. The lowest BCUT2D eigenvalue weighted by Crippen LogP contribution is -2.23. The van der Waals surface area contributed by atoms with E-state index in [0.717, 1.165) is 37.0 Å². The number of hydrogen-bond acceptors (Lipinski definition) is 4. The van der Waals surface area contributed by atoms with E-state index in [2.05, 4.69) is 22.4 Å². The zero-order valence-electron chi connectivity index (χ0n) is 15.5. The molecule has 1 saturated heterocycles.